The summed E-state index contributed by atoms with van der Waals surface area (Å²) in [6, 6.07) is 1.47. The Bertz CT molecular complexity index is 702. The van der Waals surface area contributed by atoms with Crippen molar-refractivity contribution in [3.63, 3.8) is 0 Å². The highest BCUT2D eigenvalue weighted by Gasteiger charge is 2.44. The molecule has 0 spiro atoms. The van der Waals surface area contributed by atoms with Crippen molar-refractivity contribution < 1.29 is 23.1 Å². The maximum absolute atomic E-state index is 12.7. The fourth-order valence-corrected chi connectivity index (χ4v) is 3.57. The highest BCUT2D eigenvalue weighted by Crippen LogP contribution is 2.50. The maximum Gasteiger partial charge on any atom is 0.272 e. The first-order valence-corrected chi connectivity index (χ1v) is 9.01. The van der Waals surface area contributed by atoms with Gasteiger partial charge in [0.15, 0.2) is 5.78 Å². The van der Waals surface area contributed by atoms with Gasteiger partial charge in [-0.1, -0.05) is 6.92 Å². The number of ketones is 1. The average molecular weight is 366 g/mol. The summed E-state index contributed by atoms with van der Waals surface area (Å²) in [7, 11) is 0. The van der Waals surface area contributed by atoms with E-state index in [9.17, 15) is 18.4 Å². The average Bonchev–Trinajstić information content (AvgIpc) is 3.44. The largest absolute Gasteiger partial charge is 0.487 e. The van der Waals surface area contributed by atoms with Gasteiger partial charge in [0.1, 0.15) is 18.1 Å². The van der Waals surface area contributed by atoms with Crippen LogP contribution in [0.25, 0.3) is 0 Å². The Labute approximate surface area is 151 Å². The lowest BCUT2D eigenvalue weighted by Crippen LogP contribution is -2.30. The second kappa shape index (κ2) is 7.29. The first-order valence-electron chi connectivity index (χ1n) is 9.01. The van der Waals surface area contributed by atoms with Crippen LogP contribution in [-0.2, 0) is 4.79 Å². The SMILES string of the molecule is CC(CC(N)=O)(CC(=O)c1cc(OCC(F)F)c(C2CC2)cn1)C1CC1. The number of ether oxygens (including phenoxy) is 1. The Morgan fingerprint density at radius 2 is 2.00 bits per heavy atom. The fraction of sp³-hybridized carbons (Fsp3) is 0.632. The molecular weight excluding hydrogens is 342 g/mol. The van der Waals surface area contributed by atoms with Gasteiger partial charge in [0.25, 0.3) is 6.43 Å². The Morgan fingerprint density at radius 3 is 2.54 bits per heavy atom. The fourth-order valence-electron chi connectivity index (χ4n) is 3.57. The van der Waals surface area contributed by atoms with E-state index in [0.29, 0.717) is 11.7 Å². The number of Topliss-reactive ketones (excluding diaryl/α,β-unsaturated/α-hetero) is 1. The quantitative estimate of drug-likeness (QED) is 0.643. The summed E-state index contributed by atoms with van der Waals surface area (Å²) in [4.78, 5) is 28.4. The van der Waals surface area contributed by atoms with Crippen molar-refractivity contribution in [1.29, 1.82) is 0 Å². The van der Waals surface area contributed by atoms with Crippen LogP contribution in [-0.4, -0.2) is 29.7 Å². The molecule has 1 atom stereocenters. The zero-order valence-corrected chi connectivity index (χ0v) is 14.8. The number of alkyl halides is 2. The minimum atomic E-state index is -2.58. The van der Waals surface area contributed by atoms with E-state index in [2.05, 4.69) is 4.98 Å². The van der Waals surface area contributed by atoms with E-state index in [1.54, 1.807) is 6.20 Å². The molecule has 0 aliphatic heterocycles. The number of nitrogens with zero attached hydrogens (tertiary/aromatic N) is 1. The van der Waals surface area contributed by atoms with Gasteiger partial charge in [0.05, 0.1) is 0 Å². The monoisotopic (exact) mass is 366 g/mol. The summed E-state index contributed by atoms with van der Waals surface area (Å²) in [5.74, 6) is 0.245. The Balaban J connectivity index is 1.77. The molecule has 0 aromatic carbocycles. The molecule has 1 aromatic rings. The Morgan fingerprint density at radius 1 is 1.31 bits per heavy atom. The summed E-state index contributed by atoms with van der Waals surface area (Å²) >= 11 is 0. The van der Waals surface area contributed by atoms with Gasteiger partial charge in [0.2, 0.25) is 5.91 Å². The summed E-state index contributed by atoms with van der Waals surface area (Å²) in [6.07, 6.45) is 3.19. The maximum atomic E-state index is 12.7. The third-order valence-electron chi connectivity index (χ3n) is 5.27. The van der Waals surface area contributed by atoms with Crippen molar-refractivity contribution in [1.82, 2.24) is 4.98 Å². The predicted octanol–water partition coefficient (Wildman–Crippen LogP) is 3.47. The lowest BCUT2D eigenvalue weighted by atomic mass is 9.76. The van der Waals surface area contributed by atoms with Gasteiger partial charge in [0, 0.05) is 30.7 Å². The van der Waals surface area contributed by atoms with E-state index in [4.69, 9.17) is 10.5 Å². The molecule has 2 aliphatic carbocycles. The van der Waals surface area contributed by atoms with Crippen LogP contribution in [0, 0.1) is 11.3 Å². The molecule has 1 heterocycles. The van der Waals surface area contributed by atoms with Crippen molar-refractivity contribution in [2.45, 2.75) is 57.8 Å². The molecule has 26 heavy (non-hydrogen) atoms. The normalized spacial score (nSPS) is 19.2. The van der Waals surface area contributed by atoms with E-state index in [1.807, 2.05) is 6.92 Å². The van der Waals surface area contributed by atoms with Gasteiger partial charge in [-0.05, 0) is 42.9 Å². The topological polar surface area (TPSA) is 82.3 Å². The van der Waals surface area contributed by atoms with Crippen molar-refractivity contribution in [3.05, 3.63) is 23.5 Å². The van der Waals surface area contributed by atoms with Crippen molar-refractivity contribution >= 4 is 11.7 Å². The van der Waals surface area contributed by atoms with E-state index < -0.39 is 24.4 Å². The number of amides is 1. The number of carbonyl (C=O) groups is 2. The molecule has 2 saturated carbocycles. The van der Waals surface area contributed by atoms with Gasteiger partial charge >= 0.3 is 0 Å². The summed E-state index contributed by atoms with van der Waals surface area (Å²) in [5, 5.41) is 0. The van der Waals surface area contributed by atoms with Crippen LogP contribution in [0.3, 0.4) is 0 Å². The predicted molar refractivity (Wildman–Crippen MR) is 91.3 cm³/mol. The lowest BCUT2D eigenvalue weighted by Gasteiger charge is -2.27. The standard InChI is InChI=1S/C19H24F2N2O3/c1-19(8-18(22)25,12-4-5-12)7-15(24)14-6-16(26-10-17(20)21)13(9-23-14)11-2-3-11/h6,9,11-12,17H,2-5,7-8,10H2,1H3,(H2,22,25). The summed E-state index contributed by atoms with van der Waals surface area (Å²) in [6.45, 7) is 1.19. The molecule has 2 aliphatic rings. The van der Waals surface area contributed by atoms with Crippen LogP contribution >= 0.6 is 0 Å². The first kappa shape index (κ1) is 18.7. The second-order valence-electron chi connectivity index (χ2n) is 7.76. The molecule has 1 amide bonds. The van der Waals surface area contributed by atoms with E-state index in [-0.39, 0.29) is 30.2 Å². The number of nitrogens with two attached hydrogens (primary N) is 1. The van der Waals surface area contributed by atoms with Crippen LogP contribution in [0.15, 0.2) is 12.3 Å². The number of rotatable bonds is 10. The van der Waals surface area contributed by atoms with Crippen molar-refractivity contribution in [3.8, 4) is 5.75 Å². The smallest absolute Gasteiger partial charge is 0.272 e. The summed E-state index contributed by atoms with van der Waals surface area (Å²) in [5.41, 5.74) is 5.84. The molecule has 3 rings (SSSR count). The third-order valence-corrected chi connectivity index (χ3v) is 5.27. The highest BCUT2D eigenvalue weighted by molar-refractivity contribution is 5.95. The molecule has 142 valence electrons. The summed E-state index contributed by atoms with van der Waals surface area (Å²) < 4.78 is 30.3. The number of carbonyl (C=O) groups excluding carboxylic acids is 2. The number of primary amides is 1. The molecule has 2 fully saturated rings. The van der Waals surface area contributed by atoms with E-state index in [1.165, 1.54) is 6.07 Å². The molecule has 5 nitrogen and oxygen atoms in total. The van der Waals surface area contributed by atoms with Crippen LogP contribution in [0.5, 0.6) is 5.75 Å². The Hall–Kier alpha value is -2.05. The molecular formula is C19H24F2N2O3. The molecule has 1 unspecified atom stereocenters. The van der Waals surface area contributed by atoms with Gasteiger partial charge in [-0.25, -0.2) is 8.78 Å². The number of pyridine rings is 1. The van der Waals surface area contributed by atoms with Crippen LogP contribution in [0.1, 0.15) is 67.4 Å². The van der Waals surface area contributed by atoms with E-state index >= 15 is 0 Å². The van der Waals surface area contributed by atoms with Crippen molar-refractivity contribution in [2.24, 2.45) is 17.1 Å². The molecule has 2 N–H and O–H groups in total. The molecule has 1 aromatic heterocycles. The molecule has 0 bridgehead atoms. The minimum absolute atomic E-state index is 0.151. The first-order chi connectivity index (χ1) is 12.3. The van der Waals surface area contributed by atoms with Crippen LogP contribution in [0.4, 0.5) is 8.78 Å². The highest BCUT2D eigenvalue weighted by atomic mass is 19.3. The molecule has 0 saturated heterocycles. The number of hydrogen-bond donors (Lipinski definition) is 1. The van der Waals surface area contributed by atoms with Crippen LogP contribution in [0.2, 0.25) is 0 Å². The molecule has 7 heteroatoms. The van der Waals surface area contributed by atoms with Gasteiger partial charge in [-0.15, -0.1) is 0 Å². The number of aromatic nitrogens is 1. The van der Waals surface area contributed by atoms with Crippen molar-refractivity contribution in [2.75, 3.05) is 6.61 Å². The zero-order chi connectivity index (χ0) is 18.9. The number of hydrogen-bond acceptors (Lipinski definition) is 4. The molecule has 0 radical (unpaired) electrons. The van der Waals surface area contributed by atoms with Gasteiger partial charge in [-0.2, -0.15) is 0 Å². The van der Waals surface area contributed by atoms with Gasteiger partial charge in [-0.3, -0.25) is 14.6 Å². The lowest BCUT2D eigenvalue weighted by molar-refractivity contribution is -0.120. The second-order valence-corrected chi connectivity index (χ2v) is 7.76. The van der Waals surface area contributed by atoms with E-state index in [0.717, 1.165) is 31.2 Å². The number of halogens is 2. The van der Waals surface area contributed by atoms with Gasteiger partial charge < -0.3 is 10.5 Å². The van der Waals surface area contributed by atoms with Crippen LogP contribution < -0.4 is 10.5 Å². The zero-order valence-electron chi connectivity index (χ0n) is 14.8. The third kappa shape index (κ3) is 4.56. The minimum Gasteiger partial charge on any atom is -0.487 e. The Kier molecular flexibility index (Phi) is 5.25.